The molecule has 2 atom stereocenters. The Hall–Kier alpha value is -0.650. The van der Waals surface area contributed by atoms with Crippen LogP contribution in [0.3, 0.4) is 0 Å². The number of hydrazine groups is 1. The van der Waals surface area contributed by atoms with E-state index in [2.05, 4.69) is 10.3 Å². The molecule has 3 N–H and O–H groups in total. The third-order valence-corrected chi connectivity index (χ3v) is 2.90. The van der Waals surface area contributed by atoms with Crippen LogP contribution in [0, 0.1) is 0 Å². The first kappa shape index (κ1) is 12.4. The van der Waals surface area contributed by atoms with E-state index in [1.54, 1.807) is 0 Å². The van der Waals surface area contributed by atoms with E-state index >= 15 is 0 Å². The van der Waals surface area contributed by atoms with Crippen molar-refractivity contribution in [2.75, 3.05) is 13.1 Å². The molecule has 1 heterocycles. The standard InChI is InChI=1S/C10H21N3O2/c1-7-5-13(6-8(2)15-7)10(3,4)9(14)12-11/h7-8H,5-6,11H2,1-4H3,(H,12,14)/t7-,8-/m1/s1. The van der Waals surface area contributed by atoms with Gasteiger partial charge in [-0.1, -0.05) is 0 Å². The number of rotatable bonds is 2. The second-order valence-electron chi connectivity index (χ2n) is 4.69. The van der Waals surface area contributed by atoms with Crippen LogP contribution in [0.5, 0.6) is 0 Å². The molecule has 0 aromatic rings. The fourth-order valence-electron chi connectivity index (χ4n) is 1.95. The topological polar surface area (TPSA) is 67.6 Å². The molecule has 5 heteroatoms. The highest BCUT2D eigenvalue weighted by atomic mass is 16.5. The van der Waals surface area contributed by atoms with Gasteiger partial charge in [-0.25, -0.2) is 5.84 Å². The Labute approximate surface area is 90.9 Å². The summed E-state index contributed by atoms with van der Waals surface area (Å²) in [5.74, 6) is 5.01. The molecule has 88 valence electrons. The second kappa shape index (κ2) is 4.47. The van der Waals surface area contributed by atoms with E-state index in [1.807, 2.05) is 27.7 Å². The molecule has 0 spiro atoms. The van der Waals surface area contributed by atoms with Gasteiger partial charge in [-0.3, -0.25) is 15.1 Å². The summed E-state index contributed by atoms with van der Waals surface area (Å²) in [6.07, 6.45) is 0.303. The van der Waals surface area contributed by atoms with Gasteiger partial charge >= 0.3 is 0 Å². The number of ether oxygens (including phenoxy) is 1. The van der Waals surface area contributed by atoms with E-state index in [0.717, 1.165) is 13.1 Å². The highest BCUT2D eigenvalue weighted by Gasteiger charge is 2.38. The number of hydrogen-bond acceptors (Lipinski definition) is 4. The lowest BCUT2D eigenvalue weighted by atomic mass is 9.99. The first-order chi connectivity index (χ1) is 6.87. The summed E-state index contributed by atoms with van der Waals surface area (Å²) in [6, 6.07) is 0. The molecule has 0 bridgehead atoms. The summed E-state index contributed by atoms with van der Waals surface area (Å²) in [4.78, 5) is 13.7. The number of carbonyl (C=O) groups excluding carboxylic acids is 1. The smallest absolute Gasteiger partial charge is 0.253 e. The molecule has 0 saturated carbocycles. The molecule has 15 heavy (non-hydrogen) atoms. The zero-order valence-corrected chi connectivity index (χ0v) is 9.91. The van der Waals surface area contributed by atoms with Crippen LogP contribution in [-0.4, -0.2) is 41.6 Å². The van der Waals surface area contributed by atoms with Gasteiger partial charge in [0, 0.05) is 13.1 Å². The molecule has 0 aliphatic carbocycles. The molecule has 1 fully saturated rings. The third-order valence-electron chi connectivity index (χ3n) is 2.90. The lowest BCUT2D eigenvalue weighted by Gasteiger charge is -2.43. The zero-order valence-electron chi connectivity index (χ0n) is 9.91. The minimum atomic E-state index is -0.582. The Morgan fingerprint density at radius 2 is 1.87 bits per heavy atom. The predicted octanol–water partition coefficient (Wildman–Crippen LogP) is -0.136. The number of nitrogens with two attached hydrogens (primary N) is 1. The van der Waals surface area contributed by atoms with Crippen LogP contribution in [0.25, 0.3) is 0 Å². The van der Waals surface area contributed by atoms with E-state index in [4.69, 9.17) is 10.6 Å². The van der Waals surface area contributed by atoms with Crippen molar-refractivity contribution >= 4 is 5.91 Å². The highest BCUT2D eigenvalue weighted by molar-refractivity contribution is 5.84. The molecule has 0 aromatic heterocycles. The van der Waals surface area contributed by atoms with Gasteiger partial charge in [0.15, 0.2) is 0 Å². The van der Waals surface area contributed by atoms with Gasteiger partial charge in [0.25, 0.3) is 5.91 Å². The molecule has 1 amide bonds. The predicted molar refractivity (Wildman–Crippen MR) is 58.0 cm³/mol. The Morgan fingerprint density at radius 1 is 1.40 bits per heavy atom. The summed E-state index contributed by atoms with van der Waals surface area (Å²) < 4.78 is 5.62. The van der Waals surface area contributed by atoms with Gasteiger partial charge in [-0.05, 0) is 27.7 Å². The van der Waals surface area contributed by atoms with E-state index in [0.29, 0.717) is 0 Å². The van der Waals surface area contributed by atoms with Crippen molar-refractivity contribution in [2.24, 2.45) is 5.84 Å². The monoisotopic (exact) mass is 215 g/mol. The number of nitrogens with zero attached hydrogens (tertiary/aromatic N) is 1. The number of hydrogen-bond donors (Lipinski definition) is 2. The molecular weight excluding hydrogens is 194 g/mol. The number of nitrogens with one attached hydrogen (secondary N) is 1. The second-order valence-corrected chi connectivity index (χ2v) is 4.69. The molecule has 0 aromatic carbocycles. The lowest BCUT2D eigenvalue weighted by molar-refractivity contribution is -0.141. The summed E-state index contributed by atoms with van der Waals surface area (Å²) in [6.45, 7) is 9.29. The maximum Gasteiger partial charge on any atom is 0.253 e. The van der Waals surface area contributed by atoms with Gasteiger partial charge in [0.1, 0.15) is 0 Å². The molecule has 0 unspecified atom stereocenters. The normalized spacial score (nSPS) is 28.9. The van der Waals surface area contributed by atoms with Crippen molar-refractivity contribution in [1.82, 2.24) is 10.3 Å². The first-order valence-corrected chi connectivity index (χ1v) is 5.29. The average molecular weight is 215 g/mol. The zero-order chi connectivity index (χ0) is 11.6. The molecule has 5 nitrogen and oxygen atoms in total. The van der Waals surface area contributed by atoms with Crippen molar-refractivity contribution in [3.05, 3.63) is 0 Å². The van der Waals surface area contributed by atoms with Crippen LogP contribution in [0.15, 0.2) is 0 Å². The number of carbonyl (C=O) groups is 1. The van der Waals surface area contributed by atoms with Crippen LogP contribution in [0.2, 0.25) is 0 Å². The largest absolute Gasteiger partial charge is 0.373 e. The molecule has 1 aliphatic heterocycles. The molecule has 1 saturated heterocycles. The fraction of sp³-hybridized carbons (Fsp3) is 0.900. The van der Waals surface area contributed by atoms with Crippen LogP contribution in [-0.2, 0) is 9.53 Å². The van der Waals surface area contributed by atoms with Gasteiger partial charge in [0.05, 0.1) is 17.7 Å². The van der Waals surface area contributed by atoms with E-state index in [-0.39, 0.29) is 18.1 Å². The molecule has 1 rings (SSSR count). The van der Waals surface area contributed by atoms with Crippen LogP contribution < -0.4 is 11.3 Å². The Morgan fingerprint density at radius 3 is 2.27 bits per heavy atom. The van der Waals surface area contributed by atoms with Crippen molar-refractivity contribution in [2.45, 2.75) is 45.4 Å². The molecule has 1 aliphatic rings. The van der Waals surface area contributed by atoms with Crippen LogP contribution in [0.1, 0.15) is 27.7 Å². The summed E-state index contributed by atoms with van der Waals surface area (Å²) in [5.41, 5.74) is 1.63. The van der Waals surface area contributed by atoms with Crippen molar-refractivity contribution in [1.29, 1.82) is 0 Å². The fourth-order valence-corrected chi connectivity index (χ4v) is 1.95. The minimum Gasteiger partial charge on any atom is -0.373 e. The Balaban J connectivity index is 2.73. The Kier molecular flexibility index (Phi) is 3.70. The lowest BCUT2D eigenvalue weighted by Crippen LogP contribution is -2.61. The summed E-state index contributed by atoms with van der Waals surface area (Å²) >= 11 is 0. The maximum absolute atomic E-state index is 11.6. The third kappa shape index (κ3) is 2.68. The molecular formula is C10H21N3O2. The van der Waals surface area contributed by atoms with Gasteiger partial charge in [0.2, 0.25) is 0 Å². The summed E-state index contributed by atoms with van der Waals surface area (Å²) in [5, 5.41) is 0. The number of amides is 1. The van der Waals surface area contributed by atoms with Gasteiger partial charge < -0.3 is 4.74 Å². The van der Waals surface area contributed by atoms with Crippen molar-refractivity contribution in [3.8, 4) is 0 Å². The Bertz CT molecular complexity index is 233. The van der Waals surface area contributed by atoms with E-state index in [1.165, 1.54) is 0 Å². The van der Waals surface area contributed by atoms with Gasteiger partial charge in [-0.15, -0.1) is 0 Å². The quantitative estimate of drug-likeness (QED) is 0.382. The van der Waals surface area contributed by atoms with Crippen LogP contribution in [0.4, 0.5) is 0 Å². The van der Waals surface area contributed by atoms with E-state index in [9.17, 15) is 4.79 Å². The van der Waals surface area contributed by atoms with Crippen molar-refractivity contribution in [3.63, 3.8) is 0 Å². The first-order valence-electron chi connectivity index (χ1n) is 5.29. The number of morpholine rings is 1. The van der Waals surface area contributed by atoms with Crippen molar-refractivity contribution < 1.29 is 9.53 Å². The van der Waals surface area contributed by atoms with Crippen LogP contribution >= 0.6 is 0 Å². The van der Waals surface area contributed by atoms with Gasteiger partial charge in [-0.2, -0.15) is 0 Å². The average Bonchev–Trinajstić information content (AvgIpc) is 2.15. The minimum absolute atomic E-state index is 0.151. The SMILES string of the molecule is C[C@@H]1CN(C(C)(C)C(=O)NN)C[C@@H](C)O1. The maximum atomic E-state index is 11.6. The summed E-state index contributed by atoms with van der Waals surface area (Å²) in [7, 11) is 0. The molecule has 0 radical (unpaired) electrons. The highest BCUT2D eigenvalue weighted by Crippen LogP contribution is 2.21. The van der Waals surface area contributed by atoms with E-state index < -0.39 is 5.54 Å².